The van der Waals surface area contributed by atoms with Crippen LogP contribution in [0, 0.1) is 11.6 Å². The molecule has 2 saturated heterocycles. The Morgan fingerprint density at radius 3 is 2.62 bits per heavy atom. The van der Waals surface area contributed by atoms with Crippen molar-refractivity contribution in [3.8, 4) is 0 Å². The van der Waals surface area contributed by atoms with Crippen molar-refractivity contribution in [1.82, 2.24) is 9.80 Å². The molecule has 2 aliphatic rings. The van der Waals surface area contributed by atoms with Gasteiger partial charge in [0.15, 0.2) is 0 Å². The van der Waals surface area contributed by atoms with E-state index in [2.05, 4.69) is 16.7 Å². The van der Waals surface area contributed by atoms with Crippen molar-refractivity contribution >= 4 is 11.6 Å². The van der Waals surface area contributed by atoms with Crippen LogP contribution in [-0.4, -0.2) is 41.5 Å². The monoisotopic (exact) mass is 314 g/mol. The maximum Gasteiger partial charge on any atom is 0.142 e. The van der Waals surface area contributed by atoms with E-state index in [0.717, 1.165) is 31.8 Å². The van der Waals surface area contributed by atoms with Gasteiger partial charge in [-0.2, -0.15) is 0 Å². The Hall–Kier alpha value is -0.710. The first-order valence-electron chi connectivity index (χ1n) is 7.66. The summed E-state index contributed by atoms with van der Waals surface area (Å²) >= 11 is 5.88. The number of nitrogens with zero attached hydrogens (tertiary/aromatic N) is 2. The molecule has 2 nitrogen and oxygen atoms in total. The predicted molar refractivity (Wildman–Crippen MR) is 80.5 cm³/mol. The number of hydrogen-bond acceptors (Lipinski definition) is 2. The summed E-state index contributed by atoms with van der Waals surface area (Å²) in [6.07, 6.45) is 3.85. The minimum atomic E-state index is -0.546. The van der Waals surface area contributed by atoms with Crippen LogP contribution in [0.2, 0.25) is 5.02 Å². The molecule has 0 N–H and O–H groups in total. The van der Waals surface area contributed by atoms with Gasteiger partial charge in [-0.05, 0) is 38.4 Å². The number of rotatable bonds is 3. The molecule has 0 radical (unpaired) electrons. The lowest BCUT2D eigenvalue weighted by Crippen LogP contribution is -2.61. The quantitative estimate of drug-likeness (QED) is 0.785. The highest BCUT2D eigenvalue weighted by molar-refractivity contribution is 6.31. The number of benzene rings is 1. The van der Waals surface area contributed by atoms with Crippen molar-refractivity contribution in [2.45, 2.75) is 44.8 Å². The summed E-state index contributed by atoms with van der Waals surface area (Å²) in [5.74, 6) is -0.967. The van der Waals surface area contributed by atoms with Gasteiger partial charge in [-0.3, -0.25) is 9.80 Å². The van der Waals surface area contributed by atoms with Gasteiger partial charge in [0.25, 0.3) is 0 Å². The molecule has 116 valence electrons. The highest BCUT2D eigenvalue weighted by atomic mass is 35.5. The molecule has 0 aliphatic carbocycles. The summed E-state index contributed by atoms with van der Waals surface area (Å²) in [6, 6.07) is 3.42. The van der Waals surface area contributed by atoms with Crippen LogP contribution in [0.5, 0.6) is 0 Å². The third kappa shape index (κ3) is 3.08. The zero-order valence-corrected chi connectivity index (χ0v) is 13.0. The Labute approximate surface area is 129 Å². The van der Waals surface area contributed by atoms with Gasteiger partial charge in [0.2, 0.25) is 0 Å². The van der Waals surface area contributed by atoms with E-state index in [-0.39, 0.29) is 10.6 Å². The van der Waals surface area contributed by atoms with Gasteiger partial charge in [0, 0.05) is 37.3 Å². The first kappa shape index (κ1) is 15.2. The lowest BCUT2D eigenvalue weighted by molar-refractivity contribution is -0.00665. The molecule has 21 heavy (non-hydrogen) atoms. The molecule has 1 atom stereocenters. The standard InChI is InChI=1S/C16H21ClF2N2/c1-11-4-2-3-7-21(11)12-8-20(9-12)10-13-14(18)5-6-15(19)16(13)17/h5-6,11-12H,2-4,7-10H2,1H3/t11-/m0/s1. The average molecular weight is 315 g/mol. The van der Waals surface area contributed by atoms with E-state index in [0.29, 0.717) is 18.6 Å². The van der Waals surface area contributed by atoms with Crippen LogP contribution < -0.4 is 0 Å². The normalized spacial score (nSPS) is 25.0. The number of halogens is 3. The topological polar surface area (TPSA) is 6.48 Å². The first-order valence-corrected chi connectivity index (χ1v) is 8.04. The van der Waals surface area contributed by atoms with E-state index in [1.54, 1.807) is 0 Å². The zero-order valence-electron chi connectivity index (χ0n) is 12.3. The van der Waals surface area contributed by atoms with Gasteiger partial charge in [0.05, 0.1) is 5.02 Å². The molecule has 0 bridgehead atoms. The number of likely N-dealkylation sites (tertiary alicyclic amines) is 2. The smallest absolute Gasteiger partial charge is 0.142 e. The molecule has 0 saturated carbocycles. The SMILES string of the molecule is C[C@H]1CCCCN1C1CN(Cc2c(F)ccc(F)c2Cl)C1. The summed E-state index contributed by atoms with van der Waals surface area (Å²) in [4.78, 5) is 4.69. The van der Waals surface area contributed by atoms with Crippen LogP contribution >= 0.6 is 11.6 Å². The van der Waals surface area contributed by atoms with Gasteiger partial charge in [0.1, 0.15) is 11.6 Å². The molecule has 0 aromatic heterocycles. The molecular weight excluding hydrogens is 294 g/mol. The second-order valence-electron chi connectivity index (χ2n) is 6.25. The van der Waals surface area contributed by atoms with Gasteiger partial charge < -0.3 is 0 Å². The van der Waals surface area contributed by atoms with Gasteiger partial charge in [-0.1, -0.05) is 18.0 Å². The van der Waals surface area contributed by atoms with E-state index >= 15 is 0 Å². The lowest BCUT2D eigenvalue weighted by atomic mass is 9.97. The van der Waals surface area contributed by atoms with Crippen molar-refractivity contribution in [1.29, 1.82) is 0 Å². The maximum absolute atomic E-state index is 13.8. The Balaban J connectivity index is 1.59. The Morgan fingerprint density at radius 1 is 1.19 bits per heavy atom. The van der Waals surface area contributed by atoms with Crippen LogP contribution in [0.25, 0.3) is 0 Å². The Kier molecular flexibility index (Phi) is 4.48. The predicted octanol–water partition coefficient (Wildman–Crippen LogP) is 3.68. The fraction of sp³-hybridized carbons (Fsp3) is 0.625. The van der Waals surface area contributed by atoms with Crippen molar-refractivity contribution in [3.63, 3.8) is 0 Å². The van der Waals surface area contributed by atoms with Crippen molar-refractivity contribution in [2.24, 2.45) is 0 Å². The van der Waals surface area contributed by atoms with Crippen LogP contribution in [0.1, 0.15) is 31.7 Å². The molecule has 0 unspecified atom stereocenters. The summed E-state index contributed by atoms with van der Waals surface area (Å²) < 4.78 is 27.2. The van der Waals surface area contributed by atoms with E-state index in [1.807, 2.05) is 0 Å². The largest absolute Gasteiger partial charge is 0.296 e. The lowest BCUT2D eigenvalue weighted by Gasteiger charge is -2.49. The third-order valence-corrected chi connectivity index (χ3v) is 5.19. The molecule has 5 heteroatoms. The highest BCUT2D eigenvalue weighted by Gasteiger charge is 2.35. The van der Waals surface area contributed by atoms with Crippen LogP contribution in [0.15, 0.2) is 12.1 Å². The summed E-state index contributed by atoms with van der Waals surface area (Å²) in [5, 5.41) is -0.0789. The molecule has 1 aromatic carbocycles. The molecule has 2 heterocycles. The fourth-order valence-corrected chi connectivity index (χ4v) is 3.69. The number of hydrogen-bond donors (Lipinski definition) is 0. The summed E-state index contributed by atoms with van der Waals surface area (Å²) in [5.41, 5.74) is 0.279. The molecule has 1 aromatic rings. The Bertz CT molecular complexity index is 517. The van der Waals surface area contributed by atoms with Gasteiger partial charge in [-0.25, -0.2) is 8.78 Å². The molecule has 2 aliphatic heterocycles. The van der Waals surface area contributed by atoms with Crippen molar-refractivity contribution in [3.05, 3.63) is 34.4 Å². The summed E-state index contributed by atoms with van der Waals surface area (Å²) in [7, 11) is 0. The minimum Gasteiger partial charge on any atom is -0.296 e. The van der Waals surface area contributed by atoms with Crippen LogP contribution in [0.4, 0.5) is 8.78 Å². The second-order valence-corrected chi connectivity index (χ2v) is 6.63. The van der Waals surface area contributed by atoms with Crippen molar-refractivity contribution < 1.29 is 8.78 Å². The van der Waals surface area contributed by atoms with Crippen LogP contribution in [-0.2, 0) is 6.54 Å². The Morgan fingerprint density at radius 2 is 1.90 bits per heavy atom. The molecule has 0 amide bonds. The van der Waals surface area contributed by atoms with Crippen LogP contribution in [0.3, 0.4) is 0 Å². The van der Waals surface area contributed by atoms with E-state index in [9.17, 15) is 8.78 Å². The van der Waals surface area contributed by atoms with E-state index in [1.165, 1.54) is 19.3 Å². The molecule has 0 spiro atoms. The first-order chi connectivity index (χ1) is 10.1. The maximum atomic E-state index is 13.8. The molecule has 2 fully saturated rings. The van der Waals surface area contributed by atoms with Crippen molar-refractivity contribution in [2.75, 3.05) is 19.6 Å². The second kappa shape index (κ2) is 6.19. The van der Waals surface area contributed by atoms with Gasteiger partial charge in [-0.15, -0.1) is 0 Å². The molecular formula is C16H21ClF2N2. The number of piperidine rings is 1. The minimum absolute atomic E-state index is 0.0789. The fourth-order valence-electron chi connectivity index (χ4n) is 3.48. The van der Waals surface area contributed by atoms with E-state index in [4.69, 9.17) is 11.6 Å². The summed E-state index contributed by atoms with van der Waals surface area (Å²) in [6.45, 7) is 5.66. The zero-order chi connectivity index (χ0) is 15.0. The third-order valence-electron chi connectivity index (χ3n) is 4.78. The average Bonchev–Trinajstić information content (AvgIpc) is 2.42. The van der Waals surface area contributed by atoms with E-state index < -0.39 is 11.6 Å². The molecule has 3 rings (SSSR count). The van der Waals surface area contributed by atoms with Gasteiger partial charge >= 0.3 is 0 Å². The highest BCUT2D eigenvalue weighted by Crippen LogP contribution is 2.29.